The van der Waals surface area contributed by atoms with E-state index in [9.17, 15) is 0 Å². The lowest BCUT2D eigenvalue weighted by atomic mass is 9.74. The van der Waals surface area contributed by atoms with Crippen LogP contribution in [-0.2, 0) is 7.05 Å². The normalized spacial score (nSPS) is 30.6. The number of hydrogen-bond acceptors (Lipinski definition) is 3. The van der Waals surface area contributed by atoms with Gasteiger partial charge in [-0.05, 0) is 51.1 Å². The van der Waals surface area contributed by atoms with E-state index in [1.807, 2.05) is 17.9 Å². The smallest absolute Gasteiger partial charge is 0.0537 e. The Bertz CT molecular complexity index is 414. The first-order chi connectivity index (χ1) is 9.19. The summed E-state index contributed by atoms with van der Waals surface area (Å²) in [4.78, 5) is 2.66. The van der Waals surface area contributed by atoms with Crippen LogP contribution in [0.3, 0.4) is 0 Å². The monoisotopic (exact) mass is 262 g/mol. The minimum atomic E-state index is 0.493. The van der Waals surface area contributed by atoms with E-state index >= 15 is 0 Å². The first-order valence-electron chi connectivity index (χ1n) is 7.62. The number of hydrogen-bond donors (Lipinski definition) is 1. The molecule has 1 N–H and O–H groups in total. The van der Waals surface area contributed by atoms with Crippen LogP contribution in [0, 0.1) is 5.41 Å². The van der Waals surface area contributed by atoms with E-state index in [2.05, 4.69) is 28.4 Å². The Kier molecular flexibility index (Phi) is 3.63. The summed E-state index contributed by atoms with van der Waals surface area (Å²) >= 11 is 0. The van der Waals surface area contributed by atoms with Crippen LogP contribution < -0.4 is 5.32 Å². The van der Waals surface area contributed by atoms with Gasteiger partial charge in [0.25, 0.3) is 0 Å². The lowest BCUT2D eigenvalue weighted by Gasteiger charge is -2.47. The largest absolute Gasteiger partial charge is 0.316 e. The lowest BCUT2D eigenvalue weighted by molar-refractivity contribution is 0.0415. The van der Waals surface area contributed by atoms with Crippen molar-refractivity contribution in [2.24, 2.45) is 12.5 Å². The fourth-order valence-corrected chi connectivity index (χ4v) is 3.82. The van der Waals surface area contributed by atoms with Crippen molar-refractivity contribution in [2.45, 2.75) is 38.6 Å². The molecule has 2 fully saturated rings. The average molecular weight is 262 g/mol. The average Bonchev–Trinajstić information content (AvgIpc) is 2.85. The fourth-order valence-electron chi connectivity index (χ4n) is 3.82. The Morgan fingerprint density at radius 3 is 2.89 bits per heavy atom. The van der Waals surface area contributed by atoms with Crippen LogP contribution in [-0.4, -0.2) is 40.9 Å². The van der Waals surface area contributed by atoms with E-state index < -0.39 is 0 Å². The first kappa shape index (κ1) is 13.1. The van der Waals surface area contributed by atoms with Gasteiger partial charge in [-0.25, -0.2) is 0 Å². The predicted octanol–water partition coefficient (Wildman–Crippen LogP) is 1.95. The molecule has 106 valence electrons. The summed E-state index contributed by atoms with van der Waals surface area (Å²) in [6, 6.07) is 0.493. The summed E-state index contributed by atoms with van der Waals surface area (Å²) in [5.41, 5.74) is 1.88. The number of piperidine rings is 2. The Hall–Kier alpha value is -0.870. The number of likely N-dealkylation sites (tertiary alicyclic amines) is 1. The fraction of sp³-hybridized carbons (Fsp3) is 0.800. The molecule has 0 amide bonds. The van der Waals surface area contributed by atoms with Crippen LogP contribution in [0.25, 0.3) is 0 Å². The molecule has 19 heavy (non-hydrogen) atoms. The topological polar surface area (TPSA) is 33.1 Å². The number of nitrogens with zero attached hydrogens (tertiary/aromatic N) is 3. The van der Waals surface area contributed by atoms with Crippen molar-refractivity contribution in [3.05, 3.63) is 18.0 Å². The van der Waals surface area contributed by atoms with Gasteiger partial charge in [0.1, 0.15) is 0 Å². The van der Waals surface area contributed by atoms with Crippen LogP contribution in [0.1, 0.15) is 44.2 Å². The van der Waals surface area contributed by atoms with Crippen LogP contribution >= 0.6 is 0 Å². The van der Waals surface area contributed by atoms with Gasteiger partial charge in [-0.15, -0.1) is 0 Å². The van der Waals surface area contributed by atoms with E-state index in [4.69, 9.17) is 0 Å². The maximum Gasteiger partial charge on any atom is 0.0537 e. The van der Waals surface area contributed by atoms with E-state index in [1.54, 1.807) is 0 Å². The second-order valence-electron chi connectivity index (χ2n) is 6.48. The van der Waals surface area contributed by atoms with Gasteiger partial charge in [0.05, 0.1) is 6.20 Å². The van der Waals surface area contributed by atoms with Crippen molar-refractivity contribution >= 4 is 0 Å². The van der Waals surface area contributed by atoms with Gasteiger partial charge in [-0.1, -0.05) is 0 Å². The van der Waals surface area contributed by atoms with Crippen molar-refractivity contribution in [2.75, 3.05) is 26.2 Å². The van der Waals surface area contributed by atoms with Gasteiger partial charge < -0.3 is 5.32 Å². The zero-order valence-electron chi connectivity index (χ0n) is 12.2. The van der Waals surface area contributed by atoms with Crippen LogP contribution in [0.4, 0.5) is 0 Å². The molecule has 3 rings (SSSR count). The number of rotatable bonds is 2. The van der Waals surface area contributed by atoms with E-state index in [0.717, 1.165) is 0 Å². The quantitative estimate of drug-likeness (QED) is 0.884. The number of aromatic nitrogens is 2. The second kappa shape index (κ2) is 5.25. The molecule has 1 spiro atoms. The summed E-state index contributed by atoms with van der Waals surface area (Å²) < 4.78 is 1.91. The third kappa shape index (κ3) is 2.70. The molecule has 0 bridgehead atoms. The van der Waals surface area contributed by atoms with Gasteiger partial charge >= 0.3 is 0 Å². The molecule has 0 aliphatic carbocycles. The first-order valence-corrected chi connectivity index (χ1v) is 7.62. The van der Waals surface area contributed by atoms with Crippen molar-refractivity contribution in [1.29, 1.82) is 0 Å². The maximum atomic E-state index is 4.31. The third-order valence-corrected chi connectivity index (χ3v) is 5.01. The molecule has 1 aromatic heterocycles. The minimum Gasteiger partial charge on any atom is -0.316 e. The highest BCUT2D eigenvalue weighted by Crippen LogP contribution is 2.38. The number of aryl methyl sites for hydroxylation is 1. The molecule has 2 saturated heterocycles. The number of nitrogens with one attached hydrogen (secondary N) is 1. The highest BCUT2D eigenvalue weighted by atomic mass is 15.3. The Morgan fingerprint density at radius 1 is 1.37 bits per heavy atom. The molecule has 1 aromatic rings. The van der Waals surface area contributed by atoms with E-state index in [1.165, 1.54) is 57.4 Å². The summed E-state index contributed by atoms with van der Waals surface area (Å²) in [6.45, 7) is 7.23. The molecule has 0 radical (unpaired) electrons. The molecule has 0 saturated carbocycles. The summed E-state index contributed by atoms with van der Waals surface area (Å²) in [6.07, 6.45) is 9.66. The van der Waals surface area contributed by atoms with Crippen molar-refractivity contribution in [3.63, 3.8) is 0 Å². The lowest BCUT2D eigenvalue weighted by Crippen LogP contribution is -2.51. The Labute approximate surface area is 116 Å². The Balaban J connectivity index is 1.70. The molecular formula is C15H26N4. The zero-order chi connectivity index (χ0) is 13.3. The second-order valence-corrected chi connectivity index (χ2v) is 6.48. The van der Waals surface area contributed by atoms with Crippen molar-refractivity contribution < 1.29 is 0 Å². The van der Waals surface area contributed by atoms with Crippen LogP contribution in [0.15, 0.2) is 12.4 Å². The predicted molar refractivity (Wildman–Crippen MR) is 77.0 cm³/mol. The van der Waals surface area contributed by atoms with Crippen molar-refractivity contribution in [1.82, 2.24) is 20.0 Å². The van der Waals surface area contributed by atoms with Gasteiger partial charge in [0.2, 0.25) is 0 Å². The van der Waals surface area contributed by atoms with Gasteiger partial charge in [0, 0.05) is 37.9 Å². The van der Waals surface area contributed by atoms with Gasteiger partial charge in [0.15, 0.2) is 0 Å². The molecule has 4 nitrogen and oxygen atoms in total. The molecule has 2 aliphatic heterocycles. The highest BCUT2D eigenvalue weighted by molar-refractivity contribution is 5.10. The molecule has 2 unspecified atom stereocenters. The maximum absolute atomic E-state index is 4.31. The Morgan fingerprint density at radius 2 is 2.21 bits per heavy atom. The standard InChI is InChI=1S/C15H26N4/c1-13(14-9-17-18(2)10-14)19-8-4-6-15(12-19)5-3-7-16-11-15/h9-10,13,16H,3-8,11-12H2,1-2H3. The third-order valence-electron chi connectivity index (χ3n) is 5.01. The SMILES string of the molecule is CC(c1cnn(C)c1)N1CCCC2(CCCNC2)C1. The van der Waals surface area contributed by atoms with Crippen LogP contribution in [0.2, 0.25) is 0 Å². The molecule has 2 atom stereocenters. The van der Waals surface area contributed by atoms with Crippen LogP contribution in [0.5, 0.6) is 0 Å². The minimum absolute atomic E-state index is 0.493. The summed E-state index contributed by atoms with van der Waals surface area (Å²) in [5.74, 6) is 0. The molecule has 0 aromatic carbocycles. The highest BCUT2D eigenvalue weighted by Gasteiger charge is 2.37. The molecule has 2 aliphatic rings. The summed E-state index contributed by atoms with van der Waals surface area (Å²) in [7, 11) is 2.00. The zero-order valence-corrected chi connectivity index (χ0v) is 12.2. The summed E-state index contributed by atoms with van der Waals surface area (Å²) in [5, 5.41) is 7.92. The molecule has 4 heteroatoms. The van der Waals surface area contributed by atoms with Crippen molar-refractivity contribution in [3.8, 4) is 0 Å². The van der Waals surface area contributed by atoms with Gasteiger partial charge in [-0.2, -0.15) is 5.10 Å². The molecular weight excluding hydrogens is 236 g/mol. The van der Waals surface area contributed by atoms with E-state index in [-0.39, 0.29) is 0 Å². The molecule has 3 heterocycles. The van der Waals surface area contributed by atoms with Gasteiger partial charge in [-0.3, -0.25) is 9.58 Å². The van der Waals surface area contributed by atoms with E-state index in [0.29, 0.717) is 11.5 Å².